The average molecular weight is 380 g/mol. The van der Waals surface area contributed by atoms with Gasteiger partial charge in [0.1, 0.15) is 18.4 Å². The number of hydrogen-bond acceptors (Lipinski definition) is 6. The van der Waals surface area contributed by atoms with Crippen LogP contribution in [0.3, 0.4) is 0 Å². The van der Waals surface area contributed by atoms with Gasteiger partial charge in [0, 0.05) is 0 Å². The molecule has 8 nitrogen and oxygen atoms in total. The predicted molar refractivity (Wildman–Crippen MR) is 98.1 cm³/mol. The van der Waals surface area contributed by atoms with E-state index in [1.165, 1.54) is 0 Å². The van der Waals surface area contributed by atoms with Gasteiger partial charge in [-0.05, 0) is 36.5 Å². The van der Waals surface area contributed by atoms with Gasteiger partial charge in [-0.1, -0.05) is 26.0 Å². The van der Waals surface area contributed by atoms with Crippen LogP contribution in [0.2, 0.25) is 0 Å². The standard InChI is InChI=1S/C19H28N2O6/c1-12(2)10-16(17(22)20-15-8-9-26-18(15)23)21-19(24)27-11-13-4-6-14(25-3)7-5-13/h4-7,12,15-16,18,23H,8-11H2,1-3H3,(H,20,22)(H,21,24)/t15-,16-,18?/m0/s1. The van der Waals surface area contributed by atoms with Crippen LogP contribution >= 0.6 is 0 Å². The number of carbonyl (C=O) groups excluding carboxylic acids is 2. The van der Waals surface area contributed by atoms with Gasteiger partial charge in [-0.15, -0.1) is 0 Å². The Bertz CT molecular complexity index is 619. The second-order valence-corrected chi connectivity index (χ2v) is 6.92. The molecule has 0 radical (unpaired) electrons. The molecule has 3 atom stereocenters. The molecule has 0 spiro atoms. The van der Waals surface area contributed by atoms with Gasteiger partial charge in [0.15, 0.2) is 6.29 Å². The Balaban J connectivity index is 1.87. The number of hydrogen-bond donors (Lipinski definition) is 3. The molecule has 27 heavy (non-hydrogen) atoms. The van der Waals surface area contributed by atoms with Crippen molar-refractivity contribution < 1.29 is 28.9 Å². The van der Waals surface area contributed by atoms with Gasteiger partial charge in [0.05, 0.1) is 19.8 Å². The Kier molecular flexibility index (Phi) is 7.87. The van der Waals surface area contributed by atoms with Gasteiger partial charge in [-0.25, -0.2) is 4.79 Å². The van der Waals surface area contributed by atoms with Crippen LogP contribution in [-0.4, -0.2) is 49.2 Å². The van der Waals surface area contributed by atoms with Gasteiger partial charge in [-0.2, -0.15) is 0 Å². The molecule has 1 fully saturated rings. The van der Waals surface area contributed by atoms with E-state index in [4.69, 9.17) is 14.2 Å². The zero-order valence-corrected chi connectivity index (χ0v) is 15.9. The molecule has 2 rings (SSSR count). The third-order valence-corrected chi connectivity index (χ3v) is 4.23. The van der Waals surface area contributed by atoms with Crippen LogP contribution in [0.5, 0.6) is 5.75 Å². The van der Waals surface area contributed by atoms with Gasteiger partial charge in [-0.3, -0.25) is 4.79 Å². The van der Waals surface area contributed by atoms with Crippen molar-refractivity contribution in [2.45, 2.75) is 51.7 Å². The lowest BCUT2D eigenvalue weighted by molar-refractivity contribution is -0.127. The van der Waals surface area contributed by atoms with Crippen LogP contribution in [0.25, 0.3) is 0 Å². The van der Waals surface area contributed by atoms with Crippen LogP contribution in [0, 0.1) is 5.92 Å². The van der Waals surface area contributed by atoms with Crippen LogP contribution < -0.4 is 15.4 Å². The fourth-order valence-electron chi connectivity index (χ4n) is 2.76. The fourth-order valence-corrected chi connectivity index (χ4v) is 2.76. The normalized spacial score (nSPS) is 20.2. The maximum Gasteiger partial charge on any atom is 0.408 e. The van der Waals surface area contributed by atoms with Crippen LogP contribution in [0.1, 0.15) is 32.3 Å². The van der Waals surface area contributed by atoms with Gasteiger partial charge < -0.3 is 30.0 Å². The van der Waals surface area contributed by atoms with Crippen molar-refractivity contribution in [1.29, 1.82) is 0 Å². The van der Waals surface area contributed by atoms with Crippen LogP contribution in [-0.2, 0) is 20.9 Å². The average Bonchev–Trinajstić information content (AvgIpc) is 3.04. The van der Waals surface area contributed by atoms with E-state index in [0.717, 1.165) is 11.3 Å². The van der Waals surface area contributed by atoms with Crippen molar-refractivity contribution in [3.63, 3.8) is 0 Å². The molecule has 0 bridgehead atoms. The lowest BCUT2D eigenvalue weighted by Crippen LogP contribution is -2.51. The number of alkyl carbamates (subject to hydrolysis) is 1. The predicted octanol–water partition coefficient (Wildman–Crippen LogP) is 1.56. The highest BCUT2D eigenvalue weighted by molar-refractivity contribution is 5.85. The van der Waals surface area contributed by atoms with Crippen molar-refractivity contribution in [2.24, 2.45) is 5.92 Å². The largest absolute Gasteiger partial charge is 0.497 e. The van der Waals surface area contributed by atoms with Crippen molar-refractivity contribution in [3.05, 3.63) is 29.8 Å². The van der Waals surface area contributed by atoms with Crippen LogP contribution in [0.4, 0.5) is 4.79 Å². The second-order valence-electron chi connectivity index (χ2n) is 6.92. The lowest BCUT2D eigenvalue weighted by Gasteiger charge is -2.23. The third kappa shape index (κ3) is 6.73. The van der Waals surface area contributed by atoms with Crippen molar-refractivity contribution in [2.75, 3.05) is 13.7 Å². The molecule has 1 aliphatic rings. The number of methoxy groups -OCH3 is 1. The summed E-state index contributed by atoms with van der Waals surface area (Å²) in [6.07, 6.45) is -0.707. The first-order valence-corrected chi connectivity index (χ1v) is 9.05. The smallest absolute Gasteiger partial charge is 0.408 e. The Hall–Kier alpha value is -2.32. The number of ether oxygens (including phenoxy) is 3. The highest BCUT2D eigenvalue weighted by Crippen LogP contribution is 2.14. The number of aliphatic hydroxyl groups is 1. The lowest BCUT2D eigenvalue weighted by atomic mass is 10.0. The van der Waals surface area contributed by atoms with E-state index in [1.54, 1.807) is 31.4 Å². The maximum atomic E-state index is 12.5. The molecule has 1 saturated heterocycles. The van der Waals surface area contributed by atoms with Gasteiger partial charge in [0.25, 0.3) is 0 Å². The number of nitrogens with one attached hydrogen (secondary N) is 2. The summed E-state index contributed by atoms with van der Waals surface area (Å²) in [7, 11) is 1.58. The summed E-state index contributed by atoms with van der Waals surface area (Å²) in [5.41, 5.74) is 0.807. The molecule has 150 valence electrons. The third-order valence-electron chi connectivity index (χ3n) is 4.23. The molecule has 0 aromatic heterocycles. The summed E-state index contributed by atoms with van der Waals surface area (Å²) in [6.45, 7) is 4.38. The van der Waals surface area contributed by atoms with Gasteiger partial charge in [0.2, 0.25) is 5.91 Å². The highest BCUT2D eigenvalue weighted by Gasteiger charge is 2.31. The van der Waals surface area contributed by atoms with Crippen molar-refractivity contribution in [3.8, 4) is 5.75 Å². The molecule has 0 aliphatic carbocycles. The zero-order chi connectivity index (χ0) is 19.8. The summed E-state index contributed by atoms with van der Waals surface area (Å²) in [5.74, 6) is 0.544. The molecule has 1 aliphatic heterocycles. The van der Waals surface area contributed by atoms with Crippen LogP contribution in [0.15, 0.2) is 24.3 Å². The Morgan fingerprint density at radius 3 is 2.56 bits per heavy atom. The monoisotopic (exact) mass is 380 g/mol. The fraction of sp³-hybridized carbons (Fsp3) is 0.579. The second kappa shape index (κ2) is 10.1. The number of benzene rings is 1. The molecule has 0 saturated carbocycles. The van der Waals surface area contributed by atoms with E-state index in [9.17, 15) is 14.7 Å². The molecule has 3 N–H and O–H groups in total. The van der Waals surface area contributed by atoms with Crippen molar-refractivity contribution >= 4 is 12.0 Å². The first kappa shape index (κ1) is 21.0. The Labute approximate surface area is 159 Å². The summed E-state index contributed by atoms with van der Waals surface area (Å²) in [4.78, 5) is 24.6. The van der Waals surface area contributed by atoms with E-state index in [-0.39, 0.29) is 18.4 Å². The molecule has 1 heterocycles. The van der Waals surface area contributed by atoms with E-state index in [0.29, 0.717) is 19.4 Å². The number of amides is 2. The number of carbonyl (C=O) groups is 2. The van der Waals surface area contributed by atoms with E-state index in [2.05, 4.69) is 10.6 Å². The Morgan fingerprint density at radius 1 is 1.30 bits per heavy atom. The number of aliphatic hydroxyl groups excluding tert-OH is 1. The van der Waals surface area contributed by atoms with E-state index in [1.807, 2.05) is 13.8 Å². The molecule has 8 heteroatoms. The first-order chi connectivity index (χ1) is 12.9. The summed E-state index contributed by atoms with van der Waals surface area (Å²) >= 11 is 0. The quantitative estimate of drug-likeness (QED) is 0.632. The topological polar surface area (TPSA) is 106 Å². The van der Waals surface area contributed by atoms with Crippen molar-refractivity contribution in [1.82, 2.24) is 10.6 Å². The molecule has 2 amide bonds. The first-order valence-electron chi connectivity index (χ1n) is 9.05. The zero-order valence-electron chi connectivity index (χ0n) is 15.9. The molecule has 1 unspecified atom stereocenters. The SMILES string of the molecule is COc1ccc(COC(=O)N[C@@H](CC(C)C)C(=O)N[C@H]2CCOC2O)cc1. The summed E-state index contributed by atoms with van der Waals surface area (Å²) in [5, 5.41) is 15.0. The summed E-state index contributed by atoms with van der Waals surface area (Å²) < 4.78 is 15.3. The number of rotatable bonds is 8. The molecular weight excluding hydrogens is 352 g/mol. The maximum absolute atomic E-state index is 12.5. The van der Waals surface area contributed by atoms with E-state index >= 15 is 0 Å². The molecular formula is C19H28N2O6. The minimum Gasteiger partial charge on any atom is -0.497 e. The van der Waals surface area contributed by atoms with E-state index < -0.39 is 24.5 Å². The molecule has 1 aromatic carbocycles. The summed E-state index contributed by atoms with van der Waals surface area (Å²) in [6, 6.07) is 5.93. The van der Waals surface area contributed by atoms with Gasteiger partial charge >= 0.3 is 6.09 Å². The Morgan fingerprint density at radius 2 is 2.00 bits per heavy atom. The minimum absolute atomic E-state index is 0.0843. The minimum atomic E-state index is -1.02. The molecule has 1 aromatic rings. The highest BCUT2D eigenvalue weighted by atomic mass is 16.6.